The Morgan fingerprint density at radius 1 is 1.43 bits per heavy atom. The summed E-state index contributed by atoms with van der Waals surface area (Å²) in [6.07, 6.45) is 0. The number of esters is 1. The predicted molar refractivity (Wildman–Crippen MR) is 57.5 cm³/mol. The highest BCUT2D eigenvalue weighted by Gasteiger charge is 2.35. The van der Waals surface area contributed by atoms with E-state index in [9.17, 15) is 4.79 Å². The minimum absolute atomic E-state index is 0.257. The number of carbonyl (C=O) groups is 1. The number of fused-ring (bicyclic) bond motifs is 1. The monoisotopic (exact) mass is 255 g/mol. The van der Waals surface area contributed by atoms with Crippen LogP contribution < -0.4 is 10.1 Å². The number of rotatable bonds is 0. The number of benzene rings is 1. The second kappa shape index (κ2) is 2.98. The number of nitrogens with one attached hydrogen (secondary N) is 1. The molecule has 0 saturated carbocycles. The zero-order valence-electron chi connectivity index (χ0n) is 7.93. The molecule has 4 heteroatoms. The van der Waals surface area contributed by atoms with Crippen molar-refractivity contribution in [1.82, 2.24) is 0 Å². The van der Waals surface area contributed by atoms with Crippen LogP contribution in [0.25, 0.3) is 0 Å². The molecule has 1 aliphatic rings. The van der Waals surface area contributed by atoms with Gasteiger partial charge in [0.25, 0.3) is 0 Å². The molecule has 2 rings (SSSR count). The highest BCUT2D eigenvalue weighted by atomic mass is 79.9. The van der Waals surface area contributed by atoms with Crippen molar-refractivity contribution >= 4 is 27.6 Å². The van der Waals surface area contributed by atoms with E-state index in [0.29, 0.717) is 5.75 Å². The van der Waals surface area contributed by atoms with E-state index in [1.165, 1.54) is 0 Å². The maximum Gasteiger partial charge on any atom is 0.336 e. The molecule has 0 radical (unpaired) electrons. The standard InChI is InChI=1S/C10H10BrNO2/c1-10(2)9(13)14-8-4-3-6(11)5-7(8)12-10/h3-5,12H,1-2H3. The molecular formula is C10H10BrNO2. The molecule has 0 atom stereocenters. The molecule has 0 amide bonds. The third-order valence-corrected chi connectivity index (χ3v) is 2.59. The van der Waals surface area contributed by atoms with Gasteiger partial charge >= 0.3 is 5.97 Å². The Hall–Kier alpha value is -1.03. The van der Waals surface area contributed by atoms with Gasteiger partial charge in [0, 0.05) is 4.47 Å². The first kappa shape index (κ1) is 9.52. The molecule has 0 bridgehead atoms. The van der Waals surface area contributed by atoms with Gasteiger partial charge in [0.15, 0.2) is 5.75 Å². The first-order valence-corrected chi connectivity index (χ1v) is 5.08. The van der Waals surface area contributed by atoms with Crippen molar-refractivity contribution in [1.29, 1.82) is 0 Å². The summed E-state index contributed by atoms with van der Waals surface area (Å²) in [6.45, 7) is 3.58. The average Bonchev–Trinajstić information content (AvgIpc) is 2.07. The summed E-state index contributed by atoms with van der Waals surface area (Å²) in [4.78, 5) is 11.5. The Morgan fingerprint density at radius 2 is 2.14 bits per heavy atom. The van der Waals surface area contributed by atoms with Crippen LogP contribution in [0.15, 0.2) is 22.7 Å². The van der Waals surface area contributed by atoms with E-state index in [2.05, 4.69) is 21.2 Å². The second-order valence-electron chi connectivity index (χ2n) is 3.78. The lowest BCUT2D eigenvalue weighted by Crippen LogP contribution is -2.46. The lowest BCUT2D eigenvalue weighted by Gasteiger charge is -2.31. The quantitative estimate of drug-likeness (QED) is 0.572. The second-order valence-corrected chi connectivity index (χ2v) is 4.70. The van der Waals surface area contributed by atoms with Gasteiger partial charge in [-0.15, -0.1) is 0 Å². The van der Waals surface area contributed by atoms with Crippen molar-refractivity contribution in [2.24, 2.45) is 0 Å². The summed E-state index contributed by atoms with van der Waals surface area (Å²) in [5.41, 5.74) is 0.178. The van der Waals surface area contributed by atoms with Gasteiger partial charge < -0.3 is 10.1 Å². The summed E-state index contributed by atoms with van der Waals surface area (Å²) < 4.78 is 6.14. The fourth-order valence-electron chi connectivity index (χ4n) is 1.30. The molecule has 0 aliphatic carbocycles. The van der Waals surface area contributed by atoms with Crippen molar-refractivity contribution in [2.75, 3.05) is 5.32 Å². The molecule has 0 fully saturated rings. The summed E-state index contributed by atoms with van der Waals surface area (Å²) in [5, 5.41) is 3.12. The molecule has 1 aliphatic heterocycles. The van der Waals surface area contributed by atoms with Gasteiger partial charge in [-0.3, -0.25) is 0 Å². The van der Waals surface area contributed by atoms with E-state index in [0.717, 1.165) is 10.2 Å². The van der Waals surface area contributed by atoms with E-state index >= 15 is 0 Å². The van der Waals surface area contributed by atoms with Crippen molar-refractivity contribution in [3.8, 4) is 5.75 Å². The van der Waals surface area contributed by atoms with Gasteiger partial charge in [0.2, 0.25) is 0 Å². The lowest BCUT2D eigenvalue weighted by molar-refractivity contribution is -0.139. The fourth-order valence-corrected chi connectivity index (χ4v) is 1.67. The molecule has 0 unspecified atom stereocenters. The number of carbonyl (C=O) groups excluding carboxylic acids is 1. The van der Waals surface area contributed by atoms with Crippen molar-refractivity contribution < 1.29 is 9.53 Å². The van der Waals surface area contributed by atoms with E-state index in [1.54, 1.807) is 19.9 Å². The number of ether oxygens (including phenoxy) is 1. The van der Waals surface area contributed by atoms with Gasteiger partial charge in [-0.25, -0.2) is 4.79 Å². The van der Waals surface area contributed by atoms with Gasteiger partial charge in [-0.05, 0) is 32.0 Å². The molecule has 1 N–H and O–H groups in total. The number of hydrogen-bond acceptors (Lipinski definition) is 3. The largest absolute Gasteiger partial charge is 0.423 e. The topological polar surface area (TPSA) is 38.3 Å². The van der Waals surface area contributed by atoms with Gasteiger partial charge in [0.1, 0.15) is 5.54 Å². The molecule has 14 heavy (non-hydrogen) atoms. The van der Waals surface area contributed by atoms with Gasteiger partial charge in [-0.2, -0.15) is 0 Å². The maximum atomic E-state index is 11.5. The van der Waals surface area contributed by atoms with E-state index in [-0.39, 0.29) is 5.97 Å². The van der Waals surface area contributed by atoms with Crippen LogP contribution in [0.1, 0.15) is 13.8 Å². The Bertz CT molecular complexity index is 401. The van der Waals surface area contributed by atoms with Gasteiger partial charge in [0.05, 0.1) is 5.69 Å². The van der Waals surface area contributed by atoms with Crippen LogP contribution in [0, 0.1) is 0 Å². The average molecular weight is 256 g/mol. The molecule has 3 nitrogen and oxygen atoms in total. The van der Waals surface area contributed by atoms with Gasteiger partial charge in [-0.1, -0.05) is 15.9 Å². The Balaban J connectivity index is 2.46. The Kier molecular flexibility index (Phi) is 2.03. The minimum atomic E-state index is -0.659. The highest BCUT2D eigenvalue weighted by molar-refractivity contribution is 9.10. The third-order valence-electron chi connectivity index (χ3n) is 2.10. The van der Waals surface area contributed by atoms with E-state index in [4.69, 9.17) is 4.74 Å². The van der Waals surface area contributed by atoms with Crippen LogP contribution in [0.5, 0.6) is 5.75 Å². The normalized spacial score (nSPS) is 18.1. The zero-order chi connectivity index (χ0) is 10.3. The SMILES string of the molecule is CC1(C)Nc2cc(Br)ccc2OC1=O. The fraction of sp³-hybridized carbons (Fsp3) is 0.300. The summed E-state index contributed by atoms with van der Waals surface area (Å²) >= 11 is 3.36. The van der Waals surface area contributed by atoms with Crippen LogP contribution in [0.2, 0.25) is 0 Å². The highest BCUT2D eigenvalue weighted by Crippen LogP contribution is 2.34. The summed E-state index contributed by atoms with van der Waals surface area (Å²) in [6, 6.07) is 5.50. The molecule has 0 spiro atoms. The minimum Gasteiger partial charge on any atom is -0.423 e. The summed E-state index contributed by atoms with van der Waals surface area (Å²) in [5.74, 6) is 0.324. The Labute approximate surface area is 90.6 Å². The molecule has 1 aromatic rings. The number of hydrogen-bond donors (Lipinski definition) is 1. The first-order valence-electron chi connectivity index (χ1n) is 4.29. The van der Waals surface area contributed by atoms with Crippen LogP contribution in [0.4, 0.5) is 5.69 Å². The molecule has 0 aromatic heterocycles. The third kappa shape index (κ3) is 1.50. The van der Waals surface area contributed by atoms with E-state index < -0.39 is 5.54 Å². The van der Waals surface area contributed by atoms with Crippen LogP contribution in [0.3, 0.4) is 0 Å². The predicted octanol–water partition coefficient (Wildman–Crippen LogP) is 2.56. The molecule has 0 saturated heterocycles. The van der Waals surface area contributed by atoms with Crippen molar-refractivity contribution in [3.63, 3.8) is 0 Å². The van der Waals surface area contributed by atoms with Crippen molar-refractivity contribution in [2.45, 2.75) is 19.4 Å². The zero-order valence-corrected chi connectivity index (χ0v) is 9.51. The maximum absolute atomic E-state index is 11.5. The van der Waals surface area contributed by atoms with Crippen LogP contribution in [-0.2, 0) is 4.79 Å². The summed E-state index contributed by atoms with van der Waals surface area (Å²) in [7, 11) is 0. The van der Waals surface area contributed by atoms with Crippen molar-refractivity contribution in [3.05, 3.63) is 22.7 Å². The molecule has 1 heterocycles. The number of halogens is 1. The Morgan fingerprint density at radius 3 is 2.86 bits per heavy atom. The first-order chi connectivity index (χ1) is 6.49. The smallest absolute Gasteiger partial charge is 0.336 e. The molecule has 74 valence electrons. The van der Waals surface area contributed by atoms with Crippen LogP contribution in [-0.4, -0.2) is 11.5 Å². The van der Waals surface area contributed by atoms with Crippen LogP contribution >= 0.6 is 15.9 Å². The molecular weight excluding hydrogens is 246 g/mol. The van der Waals surface area contributed by atoms with E-state index in [1.807, 2.05) is 12.1 Å². The number of anilines is 1. The lowest BCUT2D eigenvalue weighted by atomic mass is 10.0. The molecule has 1 aromatic carbocycles.